The lowest BCUT2D eigenvalue weighted by atomic mass is 10.0. The zero-order valence-corrected chi connectivity index (χ0v) is 12.4. The van der Waals surface area contributed by atoms with Crippen molar-refractivity contribution < 1.29 is 13.2 Å². The van der Waals surface area contributed by atoms with Gasteiger partial charge in [0.2, 0.25) is 0 Å². The van der Waals surface area contributed by atoms with E-state index in [9.17, 15) is 18.4 Å². The Balaban J connectivity index is 1.94. The van der Waals surface area contributed by atoms with Crippen LogP contribution in [0.1, 0.15) is 28.1 Å². The highest BCUT2D eigenvalue weighted by atomic mass is 32.1. The maximum absolute atomic E-state index is 12.8. The molecule has 22 heavy (non-hydrogen) atoms. The van der Waals surface area contributed by atoms with Gasteiger partial charge in [-0.2, -0.15) is 22.8 Å². The van der Waals surface area contributed by atoms with E-state index in [1.807, 2.05) is 4.90 Å². The number of fused-ring (bicyclic) bond motifs is 1. The topological polar surface area (TPSA) is 52.8 Å². The molecule has 1 aliphatic rings. The molecule has 0 spiro atoms. The van der Waals surface area contributed by atoms with E-state index in [1.54, 1.807) is 6.92 Å². The standard InChI is InChI=1S/C14H11F3N4S/c1-8-11(5-18)13(22-20-8)21-3-2-12-9(7-21)4-10(6-19-12)14(15,16)17/h4,6H,2-3,7H2,1H3. The first-order valence-corrected chi connectivity index (χ1v) is 7.34. The third kappa shape index (κ3) is 2.52. The fraction of sp³-hybridized carbons (Fsp3) is 0.357. The van der Waals surface area contributed by atoms with Crippen molar-refractivity contribution >= 4 is 16.5 Å². The van der Waals surface area contributed by atoms with E-state index in [2.05, 4.69) is 15.4 Å². The predicted molar refractivity (Wildman–Crippen MR) is 75.6 cm³/mol. The Morgan fingerprint density at radius 2 is 2.18 bits per heavy atom. The molecule has 0 aromatic carbocycles. The van der Waals surface area contributed by atoms with Crippen molar-refractivity contribution in [2.24, 2.45) is 0 Å². The van der Waals surface area contributed by atoms with Crippen LogP contribution in [0.2, 0.25) is 0 Å². The lowest BCUT2D eigenvalue weighted by Crippen LogP contribution is -2.31. The molecular formula is C14H11F3N4S. The summed E-state index contributed by atoms with van der Waals surface area (Å²) >= 11 is 1.20. The van der Waals surface area contributed by atoms with Gasteiger partial charge in [-0.3, -0.25) is 4.98 Å². The van der Waals surface area contributed by atoms with E-state index in [0.717, 1.165) is 12.3 Å². The van der Waals surface area contributed by atoms with E-state index in [1.165, 1.54) is 11.5 Å². The molecule has 114 valence electrons. The van der Waals surface area contributed by atoms with Gasteiger partial charge in [0.1, 0.15) is 16.6 Å². The van der Waals surface area contributed by atoms with Crippen LogP contribution in [0, 0.1) is 18.3 Å². The Labute approximate surface area is 129 Å². The van der Waals surface area contributed by atoms with Gasteiger partial charge in [-0.05, 0) is 30.1 Å². The number of rotatable bonds is 1. The number of aromatic nitrogens is 2. The zero-order valence-electron chi connectivity index (χ0n) is 11.6. The summed E-state index contributed by atoms with van der Waals surface area (Å²) in [5.74, 6) is 0. The number of anilines is 1. The van der Waals surface area contributed by atoms with E-state index >= 15 is 0 Å². The van der Waals surface area contributed by atoms with Crippen LogP contribution < -0.4 is 4.90 Å². The number of hydrogen-bond acceptors (Lipinski definition) is 5. The summed E-state index contributed by atoms with van der Waals surface area (Å²) in [5, 5.41) is 9.90. The normalized spacial score (nSPS) is 14.6. The van der Waals surface area contributed by atoms with Gasteiger partial charge in [0.15, 0.2) is 0 Å². The van der Waals surface area contributed by atoms with Crippen LogP contribution in [-0.2, 0) is 19.1 Å². The second-order valence-corrected chi connectivity index (χ2v) is 5.81. The molecule has 0 saturated carbocycles. The lowest BCUT2D eigenvalue weighted by molar-refractivity contribution is -0.137. The van der Waals surface area contributed by atoms with Crippen molar-refractivity contribution in [3.05, 3.63) is 40.3 Å². The molecule has 0 unspecified atom stereocenters. The summed E-state index contributed by atoms with van der Waals surface area (Å²) < 4.78 is 42.5. The SMILES string of the molecule is Cc1nsc(N2CCc3ncc(C(F)(F)F)cc3C2)c1C#N. The monoisotopic (exact) mass is 324 g/mol. The average molecular weight is 324 g/mol. The second kappa shape index (κ2) is 5.25. The molecule has 0 atom stereocenters. The number of halogens is 3. The molecular weight excluding hydrogens is 313 g/mol. The van der Waals surface area contributed by atoms with Crippen LogP contribution in [0.4, 0.5) is 18.2 Å². The Hall–Kier alpha value is -2.14. The largest absolute Gasteiger partial charge is 0.417 e. The van der Waals surface area contributed by atoms with E-state index in [-0.39, 0.29) is 0 Å². The molecule has 0 aliphatic carbocycles. The summed E-state index contributed by atoms with van der Waals surface area (Å²) in [5.41, 5.74) is 1.64. The first kappa shape index (κ1) is 14.8. The van der Waals surface area contributed by atoms with Crippen LogP contribution >= 0.6 is 11.5 Å². The summed E-state index contributed by atoms with van der Waals surface area (Å²) in [6.45, 7) is 2.67. The highest BCUT2D eigenvalue weighted by Crippen LogP contribution is 2.34. The molecule has 3 rings (SSSR count). The summed E-state index contributed by atoms with van der Waals surface area (Å²) in [6, 6.07) is 3.26. The van der Waals surface area contributed by atoms with E-state index in [0.29, 0.717) is 47.0 Å². The molecule has 0 N–H and O–H groups in total. The molecule has 1 aliphatic heterocycles. The Bertz CT molecular complexity index is 760. The summed E-state index contributed by atoms with van der Waals surface area (Å²) in [6.07, 6.45) is -2.97. The van der Waals surface area contributed by atoms with E-state index in [4.69, 9.17) is 0 Å². The molecule has 3 heterocycles. The molecule has 8 heteroatoms. The van der Waals surface area contributed by atoms with Gasteiger partial charge in [-0.1, -0.05) is 0 Å². The average Bonchev–Trinajstić information content (AvgIpc) is 2.86. The Morgan fingerprint density at radius 1 is 1.41 bits per heavy atom. The summed E-state index contributed by atoms with van der Waals surface area (Å²) in [4.78, 5) is 5.83. The van der Waals surface area contributed by atoms with E-state index < -0.39 is 11.7 Å². The van der Waals surface area contributed by atoms with Gasteiger partial charge in [-0.15, -0.1) is 0 Å². The molecule has 2 aromatic heterocycles. The first-order valence-electron chi connectivity index (χ1n) is 6.56. The van der Waals surface area contributed by atoms with Gasteiger partial charge in [0.05, 0.1) is 11.3 Å². The van der Waals surface area contributed by atoms with Crippen molar-refractivity contribution in [3.63, 3.8) is 0 Å². The van der Waals surface area contributed by atoms with Crippen LogP contribution in [0.25, 0.3) is 0 Å². The number of nitrogens with zero attached hydrogens (tertiary/aromatic N) is 4. The maximum atomic E-state index is 12.8. The van der Waals surface area contributed by atoms with Gasteiger partial charge < -0.3 is 4.90 Å². The zero-order chi connectivity index (χ0) is 15.9. The third-order valence-corrected chi connectivity index (χ3v) is 4.61. The molecule has 2 aromatic rings. The number of nitriles is 1. The Kier molecular flexibility index (Phi) is 3.53. The minimum absolute atomic E-state index is 0.308. The minimum atomic E-state index is -4.40. The predicted octanol–water partition coefficient (Wildman–Crippen LogP) is 3.30. The molecule has 0 saturated heterocycles. The van der Waals surface area contributed by atoms with Crippen LogP contribution in [0.15, 0.2) is 12.3 Å². The molecule has 4 nitrogen and oxygen atoms in total. The molecule has 0 bridgehead atoms. The van der Waals surface area contributed by atoms with Crippen molar-refractivity contribution in [2.45, 2.75) is 26.1 Å². The smallest absolute Gasteiger partial charge is 0.356 e. The van der Waals surface area contributed by atoms with Crippen molar-refractivity contribution in [1.82, 2.24) is 9.36 Å². The highest BCUT2D eigenvalue weighted by molar-refractivity contribution is 7.10. The van der Waals surface area contributed by atoms with Gasteiger partial charge in [0, 0.05) is 31.4 Å². The van der Waals surface area contributed by atoms with Gasteiger partial charge >= 0.3 is 6.18 Å². The maximum Gasteiger partial charge on any atom is 0.417 e. The fourth-order valence-corrected chi connectivity index (χ4v) is 3.33. The Morgan fingerprint density at radius 3 is 2.86 bits per heavy atom. The van der Waals surface area contributed by atoms with Gasteiger partial charge in [0.25, 0.3) is 0 Å². The number of pyridine rings is 1. The van der Waals surface area contributed by atoms with Crippen molar-refractivity contribution in [3.8, 4) is 6.07 Å². The van der Waals surface area contributed by atoms with Crippen LogP contribution in [0.3, 0.4) is 0 Å². The summed E-state index contributed by atoms with van der Waals surface area (Å²) in [7, 11) is 0. The molecule has 0 fully saturated rings. The molecule has 0 amide bonds. The highest BCUT2D eigenvalue weighted by Gasteiger charge is 2.32. The second-order valence-electron chi connectivity index (χ2n) is 5.06. The van der Waals surface area contributed by atoms with Crippen molar-refractivity contribution in [2.75, 3.05) is 11.4 Å². The third-order valence-electron chi connectivity index (χ3n) is 3.61. The lowest BCUT2D eigenvalue weighted by Gasteiger charge is -2.29. The minimum Gasteiger partial charge on any atom is -0.356 e. The number of hydrogen-bond donors (Lipinski definition) is 0. The quantitative estimate of drug-likeness (QED) is 0.808. The van der Waals surface area contributed by atoms with Crippen LogP contribution in [0.5, 0.6) is 0 Å². The fourth-order valence-electron chi connectivity index (χ4n) is 2.46. The van der Waals surface area contributed by atoms with Crippen LogP contribution in [-0.4, -0.2) is 15.9 Å². The first-order chi connectivity index (χ1) is 10.4. The van der Waals surface area contributed by atoms with Crippen molar-refractivity contribution in [1.29, 1.82) is 5.26 Å². The number of aryl methyl sites for hydroxylation is 1. The molecule has 0 radical (unpaired) electrons. The van der Waals surface area contributed by atoms with Gasteiger partial charge in [-0.25, -0.2) is 0 Å². The number of alkyl halides is 3.